The zero-order valence-electron chi connectivity index (χ0n) is 11.4. The third-order valence-corrected chi connectivity index (χ3v) is 4.57. The van der Waals surface area contributed by atoms with E-state index in [1.807, 2.05) is 0 Å². The van der Waals surface area contributed by atoms with E-state index >= 15 is 0 Å². The van der Waals surface area contributed by atoms with Crippen LogP contribution < -0.4 is 4.72 Å². The number of hydrogen-bond donors (Lipinski definition) is 1. The number of aromatic nitrogens is 1. The minimum atomic E-state index is -3.64. The van der Waals surface area contributed by atoms with Crippen molar-refractivity contribution in [2.24, 2.45) is 5.92 Å². The lowest BCUT2D eigenvalue weighted by molar-refractivity contribution is 0.128. The van der Waals surface area contributed by atoms with Gasteiger partial charge in [-0.15, -0.1) is 0 Å². The van der Waals surface area contributed by atoms with Crippen LogP contribution in [0.3, 0.4) is 0 Å². The molecule has 5 nitrogen and oxygen atoms in total. The van der Waals surface area contributed by atoms with Crippen LogP contribution in [0.1, 0.15) is 20.3 Å². The van der Waals surface area contributed by atoms with Gasteiger partial charge in [-0.3, -0.25) is 0 Å². The van der Waals surface area contributed by atoms with Crippen molar-refractivity contribution < 1.29 is 13.2 Å². The topological polar surface area (TPSA) is 68.3 Å². The molecular formula is C12H18Cl2N2O3S. The van der Waals surface area contributed by atoms with Gasteiger partial charge in [0.25, 0.3) is 0 Å². The quantitative estimate of drug-likeness (QED) is 0.583. The normalized spacial score (nSPS) is 12.1. The molecule has 1 aromatic rings. The minimum Gasteiger partial charge on any atom is -0.380 e. The second-order valence-electron chi connectivity index (χ2n) is 4.64. The molecule has 0 atom stereocenters. The first-order chi connectivity index (χ1) is 9.33. The fourth-order valence-corrected chi connectivity index (χ4v) is 2.62. The number of sulfonamides is 1. The predicted octanol–water partition coefficient (Wildman–Crippen LogP) is 2.73. The van der Waals surface area contributed by atoms with Gasteiger partial charge in [0.2, 0.25) is 10.0 Å². The molecule has 114 valence electrons. The maximum absolute atomic E-state index is 11.9. The number of hydrogen-bond acceptors (Lipinski definition) is 4. The SMILES string of the molecule is CC(C)CCOCCNS(=O)(=O)c1cnc(Cl)c(Cl)c1. The van der Waals surface area contributed by atoms with Crippen molar-refractivity contribution >= 4 is 33.2 Å². The van der Waals surface area contributed by atoms with Crippen molar-refractivity contribution in [3.63, 3.8) is 0 Å². The van der Waals surface area contributed by atoms with Crippen LogP contribution in [0.25, 0.3) is 0 Å². The molecule has 0 saturated heterocycles. The van der Waals surface area contributed by atoms with Crippen molar-refractivity contribution in [2.75, 3.05) is 19.8 Å². The number of ether oxygens (including phenoxy) is 1. The summed E-state index contributed by atoms with van der Waals surface area (Å²) in [5, 5.41) is 0.172. The van der Waals surface area contributed by atoms with E-state index < -0.39 is 10.0 Å². The van der Waals surface area contributed by atoms with Crippen LogP contribution in [-0.4, -0.2) is 33.2 Å². The van der Waals surface area contributed by atoms with Gasteiger partial charge in [-0.05, 0) is 18.4 Å². The van der Waals surface area contributed by atoms with Gasteiger partial charge < -0.3 is 4.74 Å². The highest BCUT2D eigenvalue weighted by molar-refractivity contribution is 7.89. The Labute approximate surface area is 129 Å². The first-order valence-corrected chi connectivity index (χ1v) is 8.45. The second kappa shape index (κ2) is 8.14. The summed E-state index contributed by atoms with van der Waals surface area (Å²) in [6.07, 6.45) is 2.11. The third-order valence-electron chi connectivity index (χ3n) is 2.46. The van der Waals surface area contributed by atoms with Gasteiger partial charge in [0.15, 0.2) is 0 Å². The Morgan fingerprint density at radius 1 is 1.35 bits per heavy atom. The molecule has 0 radical (unpaired) electrons. The van der Waals surface area contributed by atoms with E-state index in [0.29, 0.717) is 19.1 Å². The molecular weight excluding hydrogens is 323 g/mol. The molecule has 1 N–H and O–H groups in total. The Morgan fingerprint density at radius 2 is 2.05 bits per heavy atom. The molecule has 8 heteroatoms. The van der Waals surface area contributed by atoms with Crippen molar-refractivity contribution in [2.45, 2.75) is 25.2 Å². The molecule has 0 fully saturated rings. The molecule has 0 aliphatic heterocycles. The van der Waals surface area contributed by atoms with Crippen molar-refractivity contribution in [1.29, 1.82) is 0 Å². The van der Waals surface area contributed by atoms with Crippen LogP contribution in [0.2, 0.25) is 10.2 Å². The van der Waals surface area contributed by atoms with Gasteiger partial charge in [0.05, 0.1) is 11.6 Å². The van der Waals surface area contributed by atoms with Gasteiger partial charge in [-0.2, -0.15) is 0 Å². The van der Waals surface area contributed by atoms with E-state index in [2.05, 4.69) is 23.6 Å². The predicted molar refractivity (Wildman–Crippen MR) is 79.7 cm³/mol. The van der Waals surface area contributed by atoms with E-state index in [-0.39, 0.29) is 21.6 Å². The fourth-order valence-electron chi connectivity index (χ4n) is 1.30. The van der Waals surface area contributed by atoms with Gasteiger partial charge in [0, 0.05) is 19.3 Å². The summed E-state index contributed by atoms with van der Waals surface area (Å²) >= 11 is 11.4. The largest absolute Gasteiger partial charge is 0.380 e. The number of halogens is 2. The molecule has 1 aromatic heterocycles. The van der Waals surface area contributed by atoms with Crippen molar-refractivity contribution in [3.8, 4) is 0 Å². The van der Waals surface area contributed by atoms with Crippen LogP contribution in [0.15, 0.2) is 17.2 Å². The summed E-state index contributed by atoms with van der Waals surface area (Å²) in [4.78, 5) is 3.69. The second-order valence-corrected chi connectivity index (χ2v) is 7.17. The van der Waals surface area contributed by atoms with Gasteiger partial charge in [-0.25, -0.2) is 18.1 Å². The molecule has 0 spiro atoms. The van der Waals surface area contributed by atoms with Gasteiger partial charge >= 0.3 is 0 Å². The van der Waals surface area contributed by atoms with Crippen LogP contribution in [0.5, 0.6) is 0 Å². The molecule has 0 bridgehead atoms. The summed E-state index contributed by atoms with van der Waals surface area (Å²) in [7, 11) is -3.64. The summed E-state index contributed by atoms with van der Waals surface area (Å²) in [6.45, 7) is 5.34. The number of rotatable bonds is 8. The zero-order valence-corrected chi connectivity index (χ0v) is 13.7. The molecule has 0 amide bonds. The van der Waals surface area contributed by atoms with Crippen LogP contribution in [0, 0.1) is 5.92 Å². The van der Waals surface area contributed by atoms with E-state index in [9.17, 15) is 8.42 Å². The van der Waals surface area contributed by atoms with Crippen LogP contribution in [-0.2, 0) is 14.8 Å². The molecule has 1 heterocycles. The Balaban J connectivity index is 2.43. The van der Waals surface area contributed by atoms with Gasteiger partial charge in [0.1, 0.15) is 10.0 Å². The van der Waals surface area contributed by atoms with E-state index in [1.54, 1.807) is 0 Å². The maximum Gasteiger partial charge on any atom is 0.242 e. The van der Waals surface area contributed by atoms with Crippen LogP contribution >= 0.6 is 23.2 Å². The lowest BCUT2D eigenvalue weighted by Crippen LogP contribution is -2.27. The van der Waals surface area contributed by atoms with Gasteiger partial charge in [-0.1, -0.05) is 37.0 Å². The highest BCUT2D eigenvalue weighted by Gasteiger charge is 2.15. The number of pyridine rings is 1. The number of nitrogens with zero attached hydrogens (tertiary/aromatic N) is 1. The molecule has 0 aliphatic rings. The van der Waals surface area contributed by atoms with Crippen molar-refractivity contribution in [1.82, 2.24) is 9.71 Å². The summed E-state index contributed by atoms with van der Waals surface area (Å²) in [5.74, 6) is 0.564. The standard InChI is InChI=1S/C12H18Cl2N2O3S/c1-9(2)3-5-19-6-4-16-20(17,18)10-7-11(13)12(14)15-8-10/h7-9,16H,3-6H2,1-2H3. The zero-order chi connectivity index (χ0) is 15.2. The summed E-state index contributed by atoms with van der Waals surface area (Å²) in [5.41, 5.74) is 0. The van der Waals surface area contributed by atoms with E-state index in [0.717, 1.165) is 12.6 Å². The molecule has 1 rings (SSSR count). The Hall–Kier alpha value is -0.400. The highest BCUT2D eigenvalue weighted by atomic mass is 35.5. The smallest absolute Gasteiger partial charge is 0.242 e. The Kier molecular flexibility index (Phi) is 7.19. The molecule has 0 unspecified atom stereocenters. The third kappa shape index (κ3) is 5.93. The first kappa shape index (κ1) is 17.7. The lowest BCUT2D eigenvalue weighted by Gasteiger charge is -2.08. The Morgan fingerprint density at radius 3 is 2.65 bits per heavy atom. The Bertz CT molecular complexity index is 536. The van der Waals surface area contributed by atoms with Crippen molar-refractivity contribution in [3.05, 3.63) is 22.4 Å². The molecule has 20 heavy (non-hydrogen) atoms. The monoisotopic (exact) mass is 340 g/mol. The number of nitrogens with one attached hydrogen (secondary N) is 1. The average molecular weight is 341 g/mol. The molecule has 0 aliphatic carbocycles. The summed E-state index contributed by atoms with van der Waals surface area (Å²) < 4.78 is 31.6. The fraction of sp³-hybridized carbons (Fsp3) is 0.583. The summed E-state index contributed by atoms with van der Waals surface area (Å²) in [6, 6.07) is 1.26. The molecule has 0 saturated carbocycles. The maximum atomic E-state index is 11.9. The average Bonchev–Trinajstić information content (AvgIpc) is 2.36. The minimum absolute atomic E-state index is 0.0194. The van der Waals surface area contributed by atoms with Crippen LogP contribution in [0.4, 0.5) is 0 Å². The first-order valence-electron chi connectivity index (χ1n) is 6.21. The highest BCUT2D eigenvalue weighted by Crippen LogP contribution is 2.21. The van der Waals surface area contributed by atoms with E-state index in [4.69, 9.17) is 27.9 Å². The van der Waals surface area contributed by atoms with E-state index in [1.165, 1.54) is 6.07 Å². The molecule has 0 aromatic carbocycles. The lowest BCUT2D eigenvalue weighted by atomic mass is 10.1.